The summed E-state index contributed by atoms with van der Waals surface area (Å²) in [6, 6.07) is 6.08. The molecule has 16 heavy (non-hydrogen) atoms. The predicted molar refractivity (Wildman–Crippen MR) is 60.3 cm³/mol. The van der Waals surface area contributed by atoms with Crippen LogP contribution in [0.3, 0.4) is 0 Å². The molecule has 0 aliphatic heterocycles. The Morgan fingerprint density at radius 2 is 2.12 bits per heavy atom. The molecule has 2 rings (SSSR count). The van der Waals surface area contributed by atoms with Crippen LogP contribution in [0.1, 0.15) is 11.5 Å². The lowest BCUT2D eigenvalue weighted by Crippen LogP contribution is -2.11. The second-order valence-corrected chi connectivity index (χ2v) is 6.48. The van der Waals surface area contributed by atoms with Crippen LogP contribution in [0.4, 0.5) is 4.39 Å². The number of hydrogen-bond donors (Lipinski definition) is 1. The Hall–Kier alpha value is -0.940. The van der Waals surface area contributed by atoms with Gasteiger partial charge in [-0.3, -0.25) is 0 Å². The van der Waals surface area contributed by atoms with Gasteiger partial charge in [0, 0.05) is 12.2 Å². The van der Waals surface area contributed by atoms with E-state index in [0.29, 0.717) is 6.54 Å². The Labute approximate surface area is 94.4 Å². The molecule has 0 unspecified atom stereocenters. The van der Waals surface area contributed by atoms with Crippen molar-refractivity contribution in [1.29, 1.82) is 0 Å². The SMILES string of the molecule is CS(=O)(=O)[C@@H]1[C@H](CN)[C@@H]1c1cccc(F)c1. The van der Waals surface area contributed by atoms with Crippen molar-refractivity contribution in [2.75, 3.05) is 12.8 Å². The third kappa shape index (κ3) is 1.97. The molecule has 5 heteroatoms. The molecule has 88 valence electrons. The van der Waals surface area contributed by atoms with Gasteiger partial charge in [0.15, 0.2) is 9.84 Å². The molecule has 1 saturated carbocycles. The van der Waals surface area contributed by atoms with Gasteiger partial charge in [-0.05, 0) is 30.2 Å². The Kier molecular flexibility index (Phi) is 2.75. The van der Waals surface area contributed by atoms with Crippen molar-refractivity contribution in [2.24, 2.45) is 11.7 Å². The summed E-state index contributed by atoms with van der Waals surface area (Å²) in [5.41, 5.74) is 6.26. The first-order chi connectivity index (χ1) is 7.45. The predicted octanol–water partition coefficient (Wildman–Crippen LogP) is 0.911. The van der Waals surface area contributed by atoms with E-state index in [1.54, 1.807) is 12.1 Å². The zero-order valence-electron chi connectivity index (χ0n) is 8.93. The summed E-state index contributed by atoms with van der Waals surface area (Å²) in [6.45, 7) is 0.318. The molecule has 0 heterocycles. The van der Waals surface area contributed by atoms with E-state index in [4.69, 9.17) is 5.73 Å². The van der Waals surface area contributed by atoms with Gasteiger partial charge in [-0.1, -0.05) is 12.1 Å². The smallest absolute Gasteiger partial charge is 0.151 e. The highest BCUT2D eigenvalue weighted by atomic mass is 32.2. The molecule has 1 aromatic rings. The number of halogens is 1. The highest BCUT2D eigenvalue weighted by Gasteiger charge is 2.56. The highest BCUT2D eigenvalue weighted by molar-refractivity contribution is 7.91. The van der Waals surface area contributed by atoms with Gasteiger partial charge >= 0.3 is 0 Å². The van der Waals surface area contributed by atoms with E-state index in [-0.39, 0.29) is 17.7 Å². The first-order valence-electron chi connectivity index (χ1n) is 5.09. The molecule has 1 aliphatic rings. The lowest BCUT2D eigenvalue weighted by Gasteiger charge is -1.99. The van der Waals surface area contributed by atoms with E-state index in [2.05, 4.69) is 0 Å². The zero-order chi connectivity index (χ0) is 11.9. The third-order valence-electron chi connectivity index (χ3n) is 3.10. The quantitative estimate of drug-likeness (QED) is 0.858. The molecule has 0 amide bonds. The topological polar surface area (TPSA) is 60.2 Å². The lowest BCUT2D eigenvalue weighted by atomic mass is 10.1. The number of nitrogens with two attached hydrogens (primary N) is 1. The van der Waals surface area contributed by atoms with Crippen molar-refractivity contribution in [1.82, 2.24) is 0 Å². The summed E-state index contributed by atoms with van der Waals surface area (Å²) < 4.78 is 36.0. The fourth-order valence-electron chi connectivity index (χ4n) is 2.36. The van der Waals surface area contributed by atoms with E-state index in [1.165, 1.54) is 18.4 Å². The van der Waals surface area contributed by atoms with Crippen molar-refractivity contribution >= 4 is 9.84 Å². The Morgan fingerprint density at radius 3 is 2.56 bits per heavy atom. The molecule has 3 nitrogen and oxygen atoms in total. The van der Waals surface area contributed by atoms with Gasteiger partial charge in [0.25, 0.3) is 0 Å². The number of rotatable bonds is 3. The maximum atomic E-state index is 13.0. The summed E-state index contributed by atoms with van der Waals surface area (Å²) in [7, 11) is -3.10. The minimum Gasteiger partial charge on any atom is -0.330 e. The van der Waals surface area contributed by atoms with Crippen LogP contribution in [0.15, 0.2) is 24.3 Å². The molecular formula is C11H14FNO2S. The molecule has 3 atom stereocenters. The van der Waals surface area contributed by atoms with E-state index in [9.17, 15) is 12.8 Å². The second-order valence-electron chi connectivity index (χ2n) is 4.27. The molecule has 1 fully saturated rings. The van der Waals surface area contributed by atoms with E-state index < -0.39 is 15.1 Å². The molecule has 0 spiro atoms. The van der Waals surface area contributed by atoms with Crippen LogP contribution in [0.25, 0.3) is 0 Å². The summed E-state index contributed by atoms with van der Waals surface area (Å²) in [5.74, 6) is -0.556. The van der Waals surface area contributed by atoms with Gasteiger partial charge in [0.1, 0.15) is 5.82 Å². The molecule has 0 aromatic heterocycles. The van der Waals surface area contributed by atoms with Crippen LogP contribution in [-0.2, 0) is 9.84 Å². The number of hydrogen-bond acceptors (Lipinski definition) is 3. The monoisotopic (exact) mass is 243 g/mol. The van der Waals surface area contributed by atoms with Crippen LogP contribution < -0.4 is 5.73 Å². The molecule has 2 N–H and O–H groups in total. The second kappa shape index (κ2) is 3.82. The Morgan fingerprint density at radius 1 is 1.44 bits per heavy atom. The van der Waals surface area contributed by atoms with E-state index in [1.807, 2.05) is 0 Å². The molecular weight excluding hydrogens is 229 g/mol. The van der Waals surface area contributed by atoms with Gasteiger partial charge in [0.05, 0.1) is 5.25 Å². The number of benzene rings is 1. The van der Waals surface area contributed by atoms with E-state index >= 15 is 0 Å². The average molecular weight is 243 g/mol. The molecule has 0 radical (unpaired) electrons. The third-order valence-corrected chi connectivity index (χ3v) is 4.73. The van der Waals surface area contributed by atoms with Crippen molar-refractivity contribution in [2.45, 2.75) is 11.2 Å². The van der Waals surface area contributed by atoms with Crippen molar-refractivity contribution < 1.29 is 12.8 Å². The summed E-state index contributed by atoms with van der Waals surface area (Å²) in [5, 5.41) is -0.445. The Bertz CT molecular complexity index is 500. The van der Waals surface area contributed by atoms with Crippen LogP contribution in [-0.4, -0.2) is 26.5 Å². The van der Waals surface area contributed by atoms with Crippen LogP contribution in [0, 0.1) is 11.7 Å². The van der Waals surface area contributed by atoms with Gasteiger partial charge in [-0.15, -0.1) is 0 Å². The summed E-state index contributed by atoms with van der Waals surface area (Å²) >= 11 is 0. The zero-order valence-corrected chi connectivity index (χ0v) is 9.75. The first-order valence-corrected chi connectivity index (χ1v) is 7.05. The first kappa shape index (κ1) is 11.5. The standard InChI is InChI=1S/C11H14FNO2S/c1-16(14,15)11-9(6-13)10(11)7-3-2-4-8(12)5-7/h2-5,9-11H,6,13H2,1H3/t9-,10+,11-/m1/s1. The summed E-state index contributed by atoms with van der Waals surface area (Å²) in [6.07, 6.45) is 1.21. The van der Waals surface area contributed by atoms with Crippen molar-refractivity contribution in [3.8, 4) is 0 Å². The minimum absolute atomic E-state index is 0.0724. The van der Waals surface area contributed by atoms with Gasteiger partial charge in [-0.2, -0.15) is 0 Å². The van der Waals surface area contributed by atoms with Gasteiger partial charge in [-0.25, -0.2) is 12.8 Å². The molecule has 1 aliphatic carbocycles. The fraction of sp³-hybridized carbons (Fsp3) is 0.455. The van der Waals surface area contributed by atoms with Crippen molar-refractivity contribution in [3.05, 3.63) is 35.6 Å². The Balaban J connectivity index is 2.30. The van der Waals surface area contributed by atoms with Crippen molar-refractivity contribution in [3.63, 3.8) is 0 Å². The normalized spacial score (nSPS) is 29.1. The minimum atomic E-state index is -3.10. The maximum Gasteiger partial charge on any atom is 0.151 e. The highest BCUT2D eigenvalue weighted by Crippen LogP contribution is 2.51. The van der Waals surface area contributed by atoms with Crippen LogP contribution >= 0.6 is 0 Å². The molecule has 1 aromatic carbocycles. The fourth-order valence-corrected chi connectivity index (χ4v) is 4.07. The van der Waals surface area contributed by atoms with Gasteiger partial charge in [0.2, 0.25) is 0 Å². The van der Waals surface area contributed by atoms with Crippen LogP contribution in [0.2, 0.25) is 0 Å². The molecule has 0 saturated heterocycles. The molecule has 0 bridgehead atoms. The maximum absolute atomic E-state index is 13.0. The lowest BCUT2D eigenvalue weighted by molar-refractivity contribution is 0.597. The summed E-state index contributed by atoms with van der Waals surface area (Å²) in [4.78, 5) is 0. The largest absolute Gasteiger partial charge is 0.330 e. The number of sulfone groups is 1. The van der Waals surface area contributed by atoms with Crippen LogP contribution in [0.5, 0.6) is 0 Å². The van der Waals surface area contributed by atoms with E-state index in [0.717, 1.165) is 5.56 Å². The average Bonchev–Trinajstić information content (AvgIpc) is 2.91. The van der Waals surface area contributed by atoms with Gasteiger partial charge < -0.3 is 5.73 Å².